The van der Waals surface area contributed by atoms with Crippen molar-refractivity contribution in [2.75, 3.05) is 5.73 Å². The van der Waals surface area contributed by atoms with Gasteiger partial charge in [-0.3, -0.25) is 3.97 Å². The Kier molecular flexibility index (Phi) is 3.11. The summed E-state index contributed by atoms with van der Waals surface area (Å²) in [6.07, 6.45) is 6.58. The monoisotopic (exact) mass is 303 g/mol. The molecule has 5 nitrogen and oxygen atoms in total. The second kappa shape index (κ2) is 4.81. The summed E-state index contributed by atoms with van der Waals surface area (Å²) in [6, 6.07) is 1.80. The molecule has 0 unspecified atom stereocenters. The average Bonchev–Trinajstić information content (AvgIpc) is 2.75. The lowest BCUT2D eigenvalue weighted by Gasteiger charge is -2.02. The first-order chi connectivity index (χ1) is 9.60. The first-order valence-electron chi connectivity index (χ1n) is 5.71. The molecule has 0 aliphatic heterocycles. The van der Waals surface area contributed by atoms with Crippen LogP contribution in [0.3, 0.4) is 0 Å². The summed E-state index contributed by atoms with van der Waals surface area (Å²) in [5.74, 6) is 0.870. The molecule has 0 amide bonds. The number of hydrogen-bond acceptors (Lipinski definition) is 5. The number of aromatic nitrogens is 4. The molecule has 0 spiro atoms. The molecule has 0 radical (unpaired) electrons. The van der Waals surface area contributed by atoms with Crippen LogP contribution in [0.5, 0.6) is 0 Å². The van der Waals surface area contributed by atoms with Gasteiger partial charge in [-0.15, -0.1) is 0 Å². The molecule has 0 saturated carbocycles. The van der Waals surface area contributed by atoms with Crippen LogP contribution in [0.1, 0.15) is 5.56 Å². The van der Waals surface area contributed by atoms with Crippen molar-refractivity contribution in [3.05, 3.63) is 41.8 Å². The molecule has 7 heteroatoms. The van der Waals surface area contributed by atoms with E-state index in [0.717, 1.165) is 10.9 Å². The van der Waals surface area contributed by atoms with Gasteiger partial charge < -0.3 is 5.73 Å². The summed E-state index contributed by atoms with van der Waals surface area (Å²) in [7, 11) is 0. The number of fused-ring (bicyclic) bond motifs is 1. The number of nitrogens with two attached hydrogens (primary N) is 1. The number of rotatable bonds is 2. The van der Waals surface area contributed by atoms with Gasteiger partial charge in [-0.2, -0.15) is 0 Å². The lowest BCUT2D eigenvalue weighted by molar-refractivity contribution is 1.18. The Balaban J connectivity index is 2.26. The van der Waals surface area contributed by atoms with Crippen molar-refractivity contribution < 1.29 is 0 Å². The van der Waals surface area contributed by atoms with Gasteiger partial charge in [0.25, 0.3) is 0 Å². The smallest absolute Gasteiger partial charge is 0.163 e. The van der Waals surface area contributed by atoms with Crippen LogP contribution in [0.25, 0.3) is 28.5 Å². The highest BCUT2D eigenvalue weighted by molar-refractivity contribution is 7.78. The third-order valence-electron chi connectivity index (χ3n) is 2.90. The van der Waals surface area contributed by atoms with E-state index in [2.05, 4.69) is 34.3 Å². The lowest BCUT2D eigenvalue weighted by Crippen LogP contribution is -1.98. The van der Waals surface area contributed by atoms with E-state index in [4.69, 9.17) is 17.3 Å². The third kappa shape index (κ3) is 2.03. The molecule has 3 rings (SSSR count). The van der Waals surface area contributed by atoms with Gasteiger partial charge in [-0.1, -0.05) is 37.1 Å². The van der Waals surface area contributed by atoms with E-state index in [0.29, 0.717) is 27.9 Å². The molecule has 3 aromatic heterocycles. The fraction of sp³-hybridized carbons (Fsp3) is 0. The fourth-order valence-electron chi connectivity index (χ4n) is 1.94. The van der Waals surface area contributed by atoms with Crippen LogP contribution in [-0.2, 0) is 0 Å². The van der Waals surface area contributed by atoms with E-state index < -0.39 is 0 Å². The van der Waals surface area contributed by atoms with Gasteiger partial charge in [0.15, 0.2) is 11.5 Å². The highest BCUT2D eigenvalue weighted by Crippen LogP contribution is 2.30. The maximum absolute atomic E-state index is 5.99. The Bertz CT molecular complexity index is 827. The Morgan fingerprint density at radius 3 is 2.85 bits per heavy atom. The van der Waals surface area contributed by atoms with E-state index in [1.165, 1.54) is 0 Å². The molecule has 0 bridgehead atoms. The standard InChI is InChI=1S/C13H10ClN5S/c1-2-7-4-16-12(18-11(7)15)10-6-19(20)13-9(10)3-8(14)5-17-13/h2-6,20H,1H2,(H2,15,16,18). The summed E-state index contributed by atoms with van der Waals surface area (Å²) in [5, 5.41) is 1.35. The third-order valence-corrected chi connectivity index (χ3v) is 3.41. The van der Waals surface area contributed by atoms with Crippen LogP contribution in [0.15, 0.2) is 31.2 Å². The van der Waals surface area contributed by atoms with Gasteiger partial charge >= 0.3 is 0 Å². The molecule has 3 aromatic rings. The van der Waals surface area contributed by atoms with Gasteiger partial charge in [0, 0.05) is 35.1 Å². The average molecular weight is 304 g/mol. The quantitative estimate of drug-likeness (QED) is 0.714. The van der Waals surface area contributed by atoms with E-state index in [9.17, 15) is 0 Å². The number of thiol groups is 1. The van der Waals surface area contributed by atoms with Gasteiger partial charge in [-0.05, 0) is 6.07 Å². The normalized spacial score (nSPS) is 10.9. The molecular weight excluding hydrogens is 294 g/mol. The van der Waals surface area contributed by atoms with Crippen molar-refractivity contribution in [3.8, 4) is 11.4 Å². The van der Waals surface area contributed by atoms with Crippen LogP contribution in [0.2, 0.25) is 5.02 Å². The predicted molar refractivity (Wildman–Crippen MR) is 84.7 cm³/mol. The molecule has 0 fully saturated rings. The zero-order valence-electron chi connectivity index (χ0n) is 10.3. The molecule has 2 N–H and O–H groups in total. The molecule has 3 heterocycles. The number of pyridine rings is 1. The minimum absolute atomic E-state index is 0.375. The number of nitrogen functional groups attached to an aromatic ring is 1. The van der Waals surface area contributed by atoms with Crippen LogP contribution in [0, 0.1) is 0 Å². The van der Waals surface area contributed by atoms with Gasteiger partial charge in [0.1, 0.15) is 5.82 Å². The van der Waals surface area contributed by atoms with E-state index in [-0.39, 0.29) is 0 Å². The second-order valence-electron chi connectivity index (χ2n) is 4.15. The SMILES string of the molecule is C=Cc1cnc(-c2cn(S)c3ncc(Cl)cc23)nc1N. The van der Waals surface area contributed by atoms with Gasteiger partial charge in [-0.25, -0.2) is 15.0 Å². The van der Waals surface area contributed by atoms with Gasteiger partial charge in [0.2, 0.25) is 0 Å². The zero-order chi connectivity index (χ0) is 14.3. The number of anilines is 1. The molecular formula is C13H10ClN5S. The number of hydrogen-bond donors (Lipinski definition) is 2. The van der Waals surface area contributed by atoms with Crippen molar-refractivity contribution >= 4 is 47.3 Å². The summed E-state index contributed by atoms with van der Waals surface area (Å²) in [6.45, 7) is 3.66. The molecule has 0 atom stereocenters. The fourth-order valence-corrected chi connectivity index (χ4v) is 2.37. The predicted octanol–water partition coefficient (Wildman–Crippen LogP) is 3.06. The molecule has 0 saturated heterocycles. The highest BCUT2D eigenvalue weighted by Gasteiger charge is 2.14. The minimum atomic E-state index is 0.375. The summed E-state index contributed by atoms with van der Waals surface area (Å²) in [5.41, 5.74) is 8.01. The van der Waals surface area contributed by atoms with E-state index >= 15 is 0 Å². The Labute approximate surface area is 125 Å². The summed E-state index contributed by atoms with van der Waals surface area (Å²) >= 11 is 10.3. The van der Waals surface area contributed by atoms with Crippen molar-refractivity contribution in [2.24, 2.45) is 0 Å². The maximum Gasteiger partial charge on any atom is 0.163 e. The van der Waals surface area contributed by atoms with Crippen molar-refractivity contribution in [3.63, 3.8) is 0 Å². The van der Waals surface area contributed by atoms with Crippen LogP contribution < -0.4 is 5.73 Å². The minimum Gasteiger partial charge on any atom is -0.383 e. The first-order valence-corrected chi connectivity index (χ1v) is 6.49. The summed E-state index contributed by atoms with van der Waals surface area (Å²) in [4.78, 5) is 12.8. The van der Waals surface area contributed by atoms with Crippen LogP contribution >= 0.6 is 24.4 Å². The number of nitrogens with zero attached hydrogens (tertiary/aromatic N) is 4. The molecule has 0 aliphatic carbocycles. The molecule has 100 valence electrons. The largest absolute Gasteiger partial charge is 0.383 e. The maximum atomic E-state index is 5.99. The molecule has 20 heavy (non-hydrogen) atoms. The topological polar surface area (TPSA) is 69.6 Å². The van der Waals surface area contributed by atoms with Crippen molar-refractivity contribution in [2.45, 2.75) is 0 Å². The second-order valence-corrected chi connectivity index (χ2v) is 5.02. The zero-order valence-corrected chi connectivity index (χ0v) is 11.9. The van der Waals surface area contributed by atoms with Crippen LogP contribution in [-0.4, -0.2) is 18.9 Å². The molecule has 0 aliphatic rings. The Morgan fingerprint density at radius 2 is 2.15 bits per heavy atom. The summed E-state index contributed by atoms with van der Waals surface area (Å²) < 4.78 is 1.60. The van der Waals surface area contributed by atoms with E-state index in [1.807, 2.05) is 0 Å². The first kappa shape index (κ1) is 13.0. The lowest BCUT2D eigenvalue weighted by atomic mass is 10.2. The van der Waals surface area contributed by atoms with Crippen LogP contribution in [0.4, 0.5) is 5.82 Å². The number of halogens is 1. The Morgan fingerprint density at radius 1 is 1.35 bits per heavy atom. The molecule has 0 aromatic carbocycles. The van der Waals surface area contributed by atoms with Crippen molar-refractivity contribution in [1.29, 1.82) is 0 Å². The van der Waals surface area contributed by atoms with Gasteiger partial charge in [0.05, 0.1) is 5.02 Å². The highest BCUT2D eigenvalue weighted by atomic mass is 35.5. The van der Waals surface area contributed by atoms with E-state index in [1.54, 1.807) is 34.7 Å². The van der Waals surface area contributed by atoms with Crippen molar-refractivity contribution in [1.82, 2.24) is 18.9 Å². The Hall–Kier alpha value is -2.05.